The van der Waals surface area contributed by atoms with Gasteiger partial charge in [0, 0.05) is 49.0 Å². The number of benzene rings is 2. The summed E-state index contributed by atoms with van der Waals surface area (Å²) in [6, 6.07) is 17.6. The summed E-state index contributed by atoms with van der Waals surface area (Å²) in [6.07, 6.45) is 12.0. The smallest absolute Gasteiger partial charge is 0.322 e. The number of nitrogens with two attached hydrogens (primary N) is 1. The Morgan fingerprint density at radius 3 is 2.49 bits per heavy atom. The number of para-hydroxylation sites is 1. The van der Waals surface area contributed by atoms with Crippen LogP contribution in [0.15, 0.2) is 95.2 Å². The van der Waals surface area contributed by atoms with Crippen molar-refractivity contribution in [3.63, 3.8) is 0 Å². The van der Waals surface area contributed by atoms with E-state index in [9.17, 15) is 9.59 Å². The predicted octanol–water partition coefficient (Wildman–Crippen LogP) is 4.84. The number of carbonyl (C=O) groups excluding carboxylic acids is 2. The number of aliphatic imine (C=N–C) groups is 1. The molecule has 0 bridgehead atoms. The SMILES string of the molecule is CCC1=C(CN2CCC(N(C(=O)NC3(C)C=CC(C(N)=O)=NC3)c3ccccc3)CC2)C=CC(Oc2ccc(NSC)cc2)N1. The zero-order valence-corrected chi connectivity index (χ0v) is 27.0. The molecule has 11 heteroatoms. The maximum Gasteiger partial charge on any atom is 0.322 e. The molecule has 0 radical (unpaired) electrons. The molecule has 1 saturated heterocycles. The number of piperidine rings is 1. The minimum absolute atomic E-state index is 0.0411. The van der Waals surface area contributed by atoms with Gasteiger partial charge >= 0.3 is 6.03 Å². The summed E-state index contributed by atoms with van der Waals surface area (Å²) in [4.78, 5) is 33.9. The molecule has 2 aromatic carbocycles. The van der Waals surface area contributed by atoms with Crippen LogP contribution in [0, 0.1) is 0 Å². The summed E-state index contributed by atoms with van der Waals surface area (Å²) in [5.41, 5.74) is 9.22. The average Bonchev–Trinajstić information content (AvgIpc) is 3.04. The van der Waals surface area contributed by atoms with Crippen molar-refractivity contribution in [3.05, 3.63) is 90.2 Å². The van der Waals surface area contributed by atoms with Crippen LogP contribution in [0.1, 0.15) is 33.1 Å². The molecule has 0 spiro atoms. The van der Waals surface area contributed by atoms with E-state index in [4.69, 9.17) is 10.5 Å². The van der Waals surface area contributed by atoms with E-state index in [1.807, 2.05) is 72.7 Å². The molecule has 3 heterocycles. The van der Waals surface area contributed by atoms with Gasteiger partial charge in [0.05, 0.1) is 12.1 Å². The Hall–Kier alpha value is -4.22. The number of likely N-dealkylation sites (tertiary alicyclic amines) is 1. The first-order valence-electron chi connectivity index (χ1n) is 15.4. The van der Waals surface area contributed by atoms with E-state index in [2.05, 4.69) is 44.3 Å². The number of dihydropyridines is 2. The number of nitrogens with zero attached hydrogens (tertiary/aromatic N) is 3. The molecule has 5 rings (SSSR count). The van der Waals surface area contributed by atoms with Gasteiger partial charge in [0.1, 0.15) is 11.5 Å². The molecule has 3 aliphatic heterocycles. The van der Waals surface area contributed by atoms with Crippen LogP contribution in [0.25, 0.3) is 0 Å². The Morgan fingerprint density at radius 1 is 1.13 bits per heavy atom. The van der Waals surface area contributed by atoms with E-state index in [-0.39, 0.29) is 30.6 Å². The molecule has 3 amide bonds. The van der Waals surface area contributed by atoms with E-state index in [0.29, 0.717) is 0 Å². The molecule has 2 atom stereocenters. The molecular formula is C34H43N7O3S. The minimum atomic E-state index is -0.719. The van der Waals surface area contributed by atoms with Crippen molar-refractivity contribution in [2.24, 2.45) is 10.7 Å². The standard InChI is InChI=1S/C34H43N7O3S/c1-4-29-24(10-15-31(37-29)44-28-13-11-25(12-14-28)39-45-3)22-40-20-17-27(18-21-40)41(26-8-6-5-7-9-26)33(43)38-34(2)19-16-30(32(35)42)36-23-34/h5-16,19,27,31,37,39H,4,17-18,20-23H2,1-3H3,(H2,35,42)(H,38,43). The lowest BCUT2D eigenvalue weighted by Crippen LogP contribution is -2.57. The fraction of sp³-hybridized carbons (Fsp3) is 0.382. The van der Waals surface area contributed by atoms with Gasteiger partial charge in [0.25, 0.3) is 5.91 Å². The number of ether oxygens (including phenoxy) is 1. The Balaban J connectivity index is 1.19. The number of hydrogen-bond donors (Lipinski definition) is 4. The summed E-state index contributed by atoms with van der Waals surface area (Å²) in [5.74, 6) is 0.241. The van der Waals surface area contributed by atoms with Gasteiger partial charge in [-0.25, -0.2) is 4.79 Å². The average molecular weight is 630 g/mol. The number of urea groups is 1. The zero-order chi connectivity index (χ0) is 31.8. The van der Waals surface area contributed by atoms with Crippen LogP contribution in [0.2, 0.25) is 0 Å². The van der Waals surface area contributed by atoms with Crippen LogP contribution in [-0.2, 0) is 4.79 Å². The summed E-state index contributed by atoms with van der Waals surface area (Å²) >= 11 is 1.56. The lowest BCUT2D eigenvalue weighted by molar-refractivity contribution is -0.111. The van der Waals surface area contributed by atoms with Crippen molar-refractivity contribution in [3.8, 4) is 5.75 Å². The van der Waals surface area contributed by atoms with Crippen LogP contribution in [0.3, 0.4) is 0 Å². The monoisotopic (exact) mass is 629 g/mol. The number of rotatable bonds is 11. The molecule has 2 unspecified atom stereocenters. The summed E-state index contributed by atoms with van der Waals surface area (Å²) in [5, 5.41) is 6.73. The zero-order valence-electron chi connectivity index (χ0n) is 26.2. The van der Waals surface area contributed by atoms with Crippen LogP contribution < -0.4 is 30.7 Å². The molecule has 1 fully saturated rings. The molecule has 0 aromatic heterocycles. The molecule has 2 aromatic rings. The number of anilines is 2. The third-order valence-corrected chi connectivity index (χ3v) is 8.71. The van der Waals surface area contributed by atoms with E-state index < -0.39 is 11.4 Å². The quantitative estimate of drug-likeness (QED) is 0.262. The van der Waals surface area contributed by atoms with E-state index in [0.717, 1.165) is 56.0 Å². The molecule has 238 valence electrons. The van der Waals surface area contributed by atoms with Gasteiger partial charge in [-0.15, -0.1) is 0 Å². The topological polar surface area (TPSA) is 124 Å². The fourth-order valence-electron chi connectivity index (χ4n) is 5.85. The van der Waals surface area contributed by atoms with Gasteiger partial charge in [-0.05, 0) is 80.3 Å². The van der Waals surface area contributed by atoms with Crippen LogP contribution in [0.5, 0.6) is 5.75 Å². The second-order valence-corrected chi connectivity index (χ2v) is 12.3. The Labute approximate surface area is 270 Å². The van der Waals surface area contributed by atoms with Gasteiger partial charge in [0.2, 0.25) is 0 Å². The first-order valence-corrected chi connectivity index (χ1v) is 16.6. The van der Waals surface area contributed by atoms with E-state index >= 15 is 0 Å². The number of allylic oxidation sites excluding steroid dienone is 1. The molecule has 0 aliphatic carbocycles. The van der Waals surface area contributed by atoms with Gasteiger partial charge in [-0.2, -0.15) is 0 Å². The lowest BCUT2D eigenvalue weighted by Gasteiger charge is -2.40. The number of hydrogen-bond acceptors (Lipinski definition) is 8. The molecule has 10 nitrogen and oxygen atoms in total. The molecule has 5 N–H and O–H groups in total. The number of nitrogens with one attached hydrogen (secondary N) is 3. The van der Waals surface area contributed by atoms with Crippen molar-refractivity contribution in [2.45, 2.75) is 50.9 Å². The van der Waals surface area contributed by atoms with Crippen molar-refractivity contribution in [2.75, 3.05) is 42.1 Å². The van der Waals surface area contributed by atoms with Crippen LogP contribution in [-0.4, -0.2) is 72.8 Å². The summed E-state index contributed by atoms with van der Waals surface area (Å²) < 4.78 is 9.41. The largest absolute Gasteiger partial charge is 0.467 e. The van der Waals surface area contributed by atoms with Crippen LogP contribution in [0.4, 0.5) is 16.2 Å². The predicted molar refractivity (Wildman–Crippen MR) is 184 cm³/mol. The van der Waals surface area contributed by atoms with Gasteiger partial charge in [0.15, 0.2) is 6.23 Å². The van der Waals surface area contributed by atoms with Crippen LogP contribution >= 0.6 is 11.9 Å². The number of carbonyl (C=O) groups is 2. The lowest BCUT2D eigenvalue weighted by atomic mass is 9.97. The first kappa shape index (κ1) is 32.2. The second-order valence-electron chi connectivity index (χ2n) is 11.7. The summed E-state index contributed by atoms with van der Waals surface area (Å²) in [6.45, 7) is 6.88. The molecule has 3 aliphatic rings. The Morgan fingerprint density at radius 2 is 1.87 bits per heavy atom. The Kier molecular flexibility index (Phi) is 10.5. The number of amides is 3. The minimum Gasteiger partial charge on any atom is -0.467 e. The highest BCUT2D eigenvalue weighted by molar-refractivity contribution is 7.99. The van der Waals surface area contributed by atoms with Gasteiger partial charge in [-0.1, -0.05) is 49.2 Å². The molecule has 0 saturated carbocycles. The second kappa shape index (κ2) is 14.7. The summed E-state index contributed by atoms with van der Waals surface area (Å²) in [7, 11) is 0. The van der Waals surface area contributed by atoms with E-state index in [1.54, 1.807) is 24.1 Å². The highest BCUT2D eigenvalue weighted by Crippen LogP contribution is 2.27. The normalized spacial score (nSPS) is 21.9. The maximum atomic E-state index is 13.8. The van der Waals surface area contributed by atoms with Crippen molar-refractivity contribution >= 4 is 41.0 Å². The van der Waals surface area contributed by atoms with Gasteiger partial charge < -0.3 is 25.8 Å². The van der Waals surface area contributed by atoms with E-state index in [1.165, 1.54) is 11.3 Å². The first-order chi connectivity index (χ1) is 21.8. The third-order valence-electron chi connectivity index (χ3n) is 8.27. The Bertz CT molecular complexity index is 1470. The van der Waals surface area contributed by atoms with Crippen molar-refractivity contribution < 1.29 is 14.3 Å². The van der Waals surface area contributed by atoms with Gasteiger partial charge in [-0.3, -0.25) is 19.6 Å². The maximum absolute atomic E-state index is 13.8. The third kappa shape index (κ3) is 8.29. The van der Waals surface area contributed by atoms with Crippen molar-refractivity contribution in [1.29, 1.82) is 0 Å². The fourth-order valence-corrected chi connectivity index (χ4v) is 6.22. The molecular weight excluding hydrogens is 586 g/mol. The number of primary amides is 1. The van der Waals surface area contributed by atoms with Crippen molar-refractivity contribution in [1.82, 2.24) is 15.5 Å². The highest BCUT2D eigenvalue weighted by Gasteiger charge is 2.34. The highest BCUT2D eigenvalue weighted by atomic mass is 32.2. The molecule has 45 heavy (non-hydrogen) atoms.